The van der Waals surface area contributed by atoms with Gasteiger partial charge in [0.05, 0.1) is 10.4 Å². The lowest BCUT2D eigenvalue weighted by molar-refractivity contribution is -0.133. The largest absolute Gasteiger partial charge is 0.337 e. The molecule has 0 bridgehead atoms. The van der Waals surface area contributed by atoms with E-state index in [2.05, 4.69) is 10.8 Å². The molecule has 0 fully saturated rings. The van der Waals surface area contributed by atoms with Gasteiger partial charge in [-0.05, 0) is 36.6 Å². The molecule has 1 aromatic heterocycles. The van der Waals surface area contributed by atoms with Crippen molar-refractivity contribution in [2.45, 2.75) is 30.1 Å². The smallest absolute Gasteiger partial charge is 0.250 e. The third-order valence-corrected chi connectivity index (χ3v) is 7.22. The van der Waals surface area contributed by atoms with Crippen molar-refractivity contribution in [3.8, 4) is 0 Å². The van der Waals surface area contributed by atoms with E-state index in [1.165, 1.54) is 17.7 Å². The van der Waals surface area contributed by atoms with Crippen LogP contribution in [0.3, 0.4) is 0 Å². The Bertz CT molecular complexity index is 864. The Morgan fingerprint density at radius 1 is 1.25 bits per heavy atom. The molecule has 0 saturated carbocycles. The number of amides is 1. The van der Waals surface area contributed by atoms with Gasteiger partial charge in [-0.25, -0.2) is 8.42 Å². The number of halogens is 1. The fourth-order valence-electron chi connectivity index (χ4n) is 2.74. The van der Waals surface area contributed by atoms with Gasteiger partial charge >= 0.3 is 0 Å². The highest BCUT2D eigenvalue weighted by Crippen LogP contribution is 2.26. The van der Waals surface area contributed by atoms with Gasteiger partial charge in [-0.3, -0.25) is 4.79 Å². The summed E-state index contributed by atoms with van der Waals surface area (Å²) < 4.78 is 27.6. The topological polar surface area (TPSA) is 66.5 Å². The molecular weight excluding hydrogens is 368 g/mol. The Kier molecular flexibility index (Phi) is 4.96. The standard InChI is InChI=1S/C16H17ClN2O3S2/c1-11(18-24(21,22)15-7-6-14(17)23-15)16(20)19-9-8-12-4-2-3-5-13(12)10-19/h2-7,11,18H,8-10H2,1H3/t11-/m1/s1. The number of thiophene rings is 1. The van der Waals surface area contributed by atoms with E-state index in [0.717, 1.165) is 23.3 Å². The SMILES string of the molecule is C[C@@H](NS(=O)(=O)c1ccc(Cl)s1)C(=O)N1CCc2ccccc2C1. The molecule has 1 N–H and O–H groups in total. The van der Waals surface area contributed by atoms with E-state index >= 15 is 0 Å². The molecule has 1 aromatic carbocycles. The lowest BCUT2D eigenvalue weighted by atomic mass is 9.99. The molecule has 2 aromatic rings. The zero-order valence-electron chi connectivity index (χ0n) is 13.0. The summed E-state index contributed by atoms with van der Waals surface area (Å²) in [5.74, 6) is -0.226. The summed E-state index contributed by atoms with van der Waals surface area (Å²) in [7, 11) is -3.75. The Morgan fingerprint density at radius 2 is 1.96 bits per heavy atom. The first kappa shape index (κ1) is 17.4. The quantitative estimate of drug-likeness (QED) is 0.881. The maximum absolute atomic E-state index is 12.6. The van der Waals surface area contributed by atoms with Crippen LogP contribution in [0, 0.1) is 0 Å². The van der Waals surface area contributed by atoms with E-state index in [-0.39, 0.29) is 10.1 Å². The fraction of sp³-hybridized carbons (Fsp3) is 0.312. The molecule has 1 aliphatic heterocycles. The molecule has 0 radical (unpaired) electrons. The summed E-state index contributed by atoms with van der Waals surface area (Å²) >= 11 is 6.75. The first-order valence-electron chi connectivity index (χ1n) is 7.50. The zero-order valence-corrected chi connectivity index (χ0v) is 15.4. The Balaban J connectivity index is 1.69. The maximum atomic E-state index is 12.6. The minimum absolute atomic E-state index is 0.108. The van der Waals surface area contributed by atoms with Gasteiger partial charge < -0.3 is 4.90 Å². The molecular formula is C16H17ClN2O3S2. The number of carbonyl (C=O) groups is 1. The number of benzene rings is 1. The van der Waals surface area contributed by atoms with E-state index in [0.29, 0.717) is 17.4 Å². The van der Waals surface area contributed by atoms with E-state index in [1.54, 1.807) is 11.8 Å². The van der Waals surface area contributed by atoms with Crippen molar-refractivity contribution in [1.29, 1.82) is 0 Å². The number of sulfonamides is 1. The molecule has 1 atom stereocenters. The summed E-state index contributed by atoms with van der Waals surface area (Å²) in [6, 6.07) is 10.1. The molecule has 8 heteroatoms. The summed E-state index contributed by atoms with van der Waals surface area (Å²) in [5.41, 5.74) is 2.35. The van der Waals surface area contributed by atoms with Crippen LogP contribution < -0.4 is 4.72 Å². The number of nitrogens with zero attached hydrogens (tertiary/aromatic N) is 1. The Labute approximate surface area is 150 Å². The van der Waals surface area contributed by atoms with Crippen molar-refractivity contribution in [1.82, 2.24) is 9.62 Å². The van der Waals surface area contributed by atoms with Gasteiger partial charge in [-0.2, -0.15) is 4.72 Å². The normalized spacial score (nSPS) is 15.8. The van der Waals surface area contributed by atoms with Crippen LogP contribution >= 0.6 is 22.9 Å². The highest BCUT2D eigenvalue weighted by atomic mass is 35.5. The second-order valence-electron chi connectivity index (χ2n) is 5.68. The summed E-state index contributed by atoms with van der Waals surface area (Å²) in [6.07, 6.45) is 0.780. The summed E-state index contributed by atoms with van der Waals surface area (Å²) in [5, 5.41) is 0. The monoisotopic (exact) mass is 384 g/mol. The van der Waals surface area contributed by atoms with Crippen molar-refractivity contribution >= 4 is 38.9 Å². The van der Waals surface area contributed by atoms with Gasteiger partial charge in [0.25, 0.3) is 10.0 Å². The predicted octanol–water partition coefficient (Wildman–Crippen LogP) is 2.65. The van der Waals surface area contributed by atoms with Crippen LogP contribution in [-0.4, -0.2) is 31.8 Å². The predicted molar refractivity (Wildman–Crippen MR) is 94.7 cm³/mol. The van der Waals surface area contributed by atoms with Crippen LogP contribution in [0.1, 0.15) is 18.1 Å². The van der Waals surface area contributed by atoms with Crippen LogP contribution in [-0.2, 0) is 27.8 Å². The van der Waals surface area contributed by atoms with Gasteiger partial charge in [-0.1, -0.05) is 35.9 Å². The third-order valence-electron chi connectivity index (χ3n) is 3.96. The van der Waals surface area contributed by atoms with E-state index in [1.807, 2.05) is 18.2 Å². The lowest BCUT2D eigenvalue weighted by Gasteiger charge is -2.31. The van der Waals surface area contributed by atoms with Gasteiger partial charge in [-0.15, -0.1) is 11.3 Å². The van der Waals surface area contributed by atoms with Gasteiger partial charge in [0.15, 0.2) is 0 Å². The molecule has 3 rings (SSSR count). The number of rotatable bonds is 4. The first-order chi connectivity index (χ1) is 11.4. The summed E-state index contributed by atoms with van der Waals surface area (Å²) in [4.78, 5) is 14.3. The van der Waals surface area contributed by atoms with Crippen molar-refractivity contribution in [2.75, 3.05) is 6.54 Å². The van der Waals surface area contributed by atoms with Gasteiger partial charge in [0.2, 0.25) is 5.91 Å². The van der Waals surface area contributed by atoms with Gasteiger partial charge in [0, 0.05) is 13.1 Å². The van der Waals surface area contributed by atoms with E-state index < -0.39 is 16.1 Å². The first-order valence-corrected chi connectivity index (χ1v) is 10.2. The van der Waals surface area contributed by atoms with Crippen molar-refractivity contribution < 1.29 is 13.2 Å². The minimum Gasteiger partial charge on any atom is -0.337 e. The number of hydrogen-bond acceptors (Lipinski definition) is 4. The molecule has 1 aliphatic rings. The van der Waals surface area contributed by atoms with Crippen LogP contribution in [0.15, 0.2) is 40.6 Å². The summed E-state index contributed by atoms with van der Waals surface area (Å²) in [6.45, 7) is 2.66. The van der Waals surface area contributed by atoms with Crippen LogP contribution in [0.4, 0.5) is 0 Å². The average molecular weight is 385 g/mol. The number of hydrogen-bond donors (Lipinski definition) is 1. The van der Waals surface area contributed by atoms with Crippen molar-refractivity contribution in [3.63, 3.8) is 0 Å². The average Bonchev–Trinajstić information content (AvgIpc) is 3.00. The van der Waals surface area contributed by atoms with Crippen molar-refractivity contribution in [2.24, 2.45) is 0 Å². The number of carbonyl (C=O) groups excluding carboxylic acids is 1. The molecule has 0 aliphatic carbocycles. The lowest BCUT2D eigenvalue weighted by Crippen LogP contribution is -2.48. The molecule has 128 valence electrons. The van der Waals surface area contributed by atoms with E-state index in [9.17, 15) is 13.2 Å². The highest BCUT2D eigenvalue weighted by Gasteiger charge is 2.28. The Hall–Kier alpha value is -1.41. The van der Waals surface area contributed by atoms with Crippen LogP contribution in [0.25, 0.3) is 0 Å². The highest BCUT2D eigenvalue weighted by molar-refractivity contribution is 7.91. The third kappa shape index (κ3) is 3.64. The molecule has 0 unspecified atom stereocenters. The molecule has 5 nitrogen and oxygen atoms in total. The number of fused-ring (bicyclic) bond motifs is 1. The Morgan fingerprint density at radius 3 is 2.62 bits per heavy atom. The van der Waals surface area contributed by atoms with Crippen LogP contribution in [0.5, 0.6) is 0 Å². The number of nitrogens with one attached hydrogen (secondary N) is 1. The van der Waals surface area contributed by atoms with Crippen LogP contribution in [0.2, 0.25) is 4.34 Å². The maximum Gasteiger partial charge on any atom is 0.250 e. The second-order valence-corrected chi connectivity index (χ2v) is 9.34. The minimum atomic E-state index is -3.75. The van der Waals surface area contributed by atoms with Gasteiger partial charge in [0.1, 0.15) is 4.21 Å². The molecule has 24 heavy (non-hydrogen) atoms. The molecule has 1 amide bonds. The van der Waals surface area contributed by atoms with E-state index in [4.69, 9.17) is 11.6 Å². The van der Waals surface area contributed by atoms with Crippen molar-refractivity contribution in [3.05, 3.63) is 51.9 Å². The zero-order chi connectivity index (χ0) is 17.3. The molecule has 0 saturated heterocycles. The molecule has 0 spiro atoms. The second kappa shape index (κ2) is 6.84. The molecule has 2 heterocycles. The fourth-order valence-corrected chi connectivity index (χ4v) is 5.44.